The van der Waals surface area contributed by atoms with Crippen LogP contribution in [0.2, 0.25) is 0 Å². The van der Waals surface area contributed by atoms with Gasteiger partial charge in [0.15, 0.2) is 0 Å². The molecule has 290 valence electrons. The van der Waals surface area contributed by atoms with Gasteiger partial charge in [0.05, 0.1) is 0 Å². The van der Waals surface area contributed by atoms with E-state index in [1.807, 2.05) is 0 Å². The lowest BCUT2D eigenvalue weighted by molar-refractivity contribution is 0.125. The highest BCUT2D eigenvalue weighted by molar-refractivity contribution is 4.53. The van der Waals surface area contributed by atoms with Crippen LogP contribution >= 0.6 is 0 Å². The summed E-state index contributed by atoms with van der Waals surface area (Å²) in [6.07, 6.45) is 62.5. The molecule has 0 aromatic heterocycles. The maximum Gasteiger partial charge on any atom is 0.0466 e. The molecule has 0 saturated heterocycles. The molecule has 0 aliphatic carbocycles. The number of rotatable bonds is 45. The van der Waals surface area contributed by atoms with E-state index in [-0.39, 0.29) is 0 Å². The predicted molar refractivity (Wildman–Crippen MR) is 221 cm³/mol. The molecule has 0 atom stereocenters. The molecule has 0 amide bonds. The maximum absolute atomic E-state index is 5.92. The van der Waals surface area contributed by atoms with Crippen LogP contribution in [0, 0.1) is 0 Å². The molecular formula is C47H96O. The van der Waals surface area contributed by atoms with Crippen LogP contribution in [-0.4, -0.2) is 13.2 Å². The summed E-state index contributed by atoms with van der Waals surface area (Å²) in [4.78, 5) is 0. The van der Waals surface area contributed by atoms with E-state index in [1.165, 1.54) is 276 Å². The van der Waals surface area contributed by atoms with Gasteiger partial charge in [-0.15, -0.1) is 0 Å². The van der Waals surface area contributed by atoms with Gasteiger partial charge in [0.2, 0.25) is 0 Å². The average molecular weight is 677 g/mol. The molecular weight excluding hydrogens is 581 g/mol. The molecule has 0 bridgehead atoms. The summed E-state index contributed by atoms with van der Waals surface area (Å²) in [6.45, 7) is 6.61. The van der Waals surface area contributed by atoms with Crippen LogP contribution in [0.25, 0.3) is 0 Å². The second-order valence-corrected chi connectivity index (χ2v) is 16.1. The zero-order valence-electron chi connectivity index (χ0n) is 34.2. The number of hydrogen-bond donors (Lipinski definition) is 0. The summed E-state index contributed by atoms with van der Waals surface area (Å²) in [5.74, 6) is 0. The lowest BCUT2D eigenvalue weighted by Gasteiger charge is -2.06. The Bertz CT molecular complexity index is 469. The van der Waals surface area contributed by atoms with E-state index in [1.54, 1.807) is 0 Å². The Morgan fingerprint density at radius 2 is 0.292 bits per heavy atom. The molecule has 0 unspecified atom stereocenters. The van der Waals surface area contributed by atoms with Crippen LogP contribution < -0.4 is 0 Å². The Morgan fingerprint density at radius 1 is 0.167 bits per heavy atom. The molecule has 0 aliphatic rings. The molecule has 0 aromatic rings. The third-order valence-electron chi connectivity index (χ3n) is 11.0. The van der Waals surface area contributed by atoms with Gasteiger partial charge in [-0.2, -0.15) is 0 Å². The van der Waals surface area contributed by atoms with Gasteiger partial charge in [0, 0.05) is 13.2 Å². The van der Waals surface area contributed by atoms with Crippen LogP contribution in [0.4, 0.5) is 0 Å². The van der Waals surface area contributed by atoms with Gasteiger partial charge >= 0.3 is 0 Å². The van der Waals surface area contributed by atoms with E-state index in [2.05, 4.69) is 13.8 Å². The first kappa shape index (κ1) is 48.0. The Hall–Kier alpha value is -0.0400. The van der Waals surface area contributed by atoms with E-state index < -0.39 is 0 Å². The van der Waals surface area contributed by atoms with Crippen molar-refractivity contribution >= 4 is 0 Å². The van der Waals surface area contributed by atoms with Gasteiger partial charge in [-0.05, 0) is 12.8 Å². The van der Waals surface area contributed by atoms with Gasteiger partial charge in [0.25, 0.3) is 0 Å². The lowest BCUT2D eigenvalue weighted by Crippen LogP contribution is -1.97. The van der Waals surface area contributed by atoms with Crippen molar-refractivity contribution in [2.24, 2.45) is 0 Å². The van der Waals surface area contributed by atoms with Gasteiger partial charge < -0.3 is 4.74 Å². The van der Waals surface area contributed by atoms with Gasteiger partial charge in [-0.1, -0.05) is 277 Å². The first-order valence-corrected chi connectivity index (χ1v) is 23.5. The molecule has 0 radical (unpaired) electrons. The van der Waals surface area contributed by atoms with Gasteiger partial charge in [0.1, 0.15) is 0 Å². The summed E-state index contributed by atoms with van der Waals surface area (Å²) >= 11 is 0. The van der Waals surface area contributed by atoms with E-state index in [9.17, 15) is 0 Å². The Morgan fingerprint density at radius 3 is 0.438 bits per heavy atom. The van der Waals surface area contributed by atoms with E-state index >= 15 is 0 Å². The van der Waals surface area contributed by atoms with Crippen molar-refractivity contribution in [1.82, 2.24) is 0 Å². The third kappa shape index (κ3) is 46.0. The van der Waals surface area contributed by atoms with Gasteiger partial charge in [-0.25, -0.2) is 0 Å². The molecule has 0 rings (SSSR count). The fraction of sp³-hybridized carbons (Fsp3) is 1.00. The van der Waals surface area contributed by atoms with E-state index in [4.69, 9.17) is 4.74 Å². The largest absolute Gasteiger partial charge is 0.381 e. The first-order valence-electron chi connectivity index (χ1n) is 23.5. The van der Waals surface area contributed by atoms with E-state index in [0.717, 1.165) is 13.2 Å². The highest BCUT2D eigenvalue weighted by Crippen LogP contribution is 2.17. The Kier molecular flexibility index (Phi) is 46.9. The zero-order chi connectivity index (χ0) is 34.5. The van der Waals surface area contributed by atoms with Crippen molar-refractivity contribution in [1.29, 1.82) is 0 Å². The minimum absolute atomic E-state index is 0.998. The normalized spacial score (nSPS) is 11.6. The van der Waals surface area contributed by atoms with Crippen LogP contribution in [0.15, 0.2) is 0 Å². The maximum atomic E-state index is 5.92. The molecule has 0 aromatic carbocycles. The number of ether oxygens (including phenoxy) is 1. The summed E-state index contributed by atoms with van der Waals surface area (Å²) < 4.78 is 5.92. The molecule has 0 saturated carbocycles. The summed E-state index contributed by atoms with van der Waals surface area (Å²) in [7, 11) is 0. The number of hydrogen-bond acceptors (Lipinski definition) is 1. The third-order valence-corrected chi connectivity index (χ3v) is 11.0. The minimum atomic E-state index is 0.998. The first-order chi connectivity index (χ1) is 23.9. The highest BCUT2D eigenvalue weighted by atomic mass is 16.5. The zero-order valence-corrected chi connectivity index (χ0v) is 34.2. The topological polar surface area (TPSA) is 9.23 Å². The lowest BCUT2D eigenvalue weighted by atomic mass is 10.0. The molecule has 48 heavy (non-hydrogen) atoms. The monoisotopic (exact) mass is 677 g/mol. The summed E-state index contributed by atoms with van der Waals surface area (Å²) in [6, 6.07) is 0. The molecule has 1 nitrogen and oxygen atoms in total. The molecule has 0 heterocycles. The van der Waals surface area contributed by atoms with Crippen molar-refractivity contribution in [2.45, 2.75) is 290 Å². The Balaban J connectivity index is 3.04. The quantitative estimate of drug-likeness (QED) is 0.0583. The fourth-order valence-electron chi connectivity index (χ4n) is 7.55. The van der Waals surface area contributed by atoms with Crippen LogP contribution in [0.3, 0.4) is 0 Å². The Labute approximate surface area is 307 Å². The second-order valence-electron chi connectivity index (χ2n) is 16.1. The van der Waals surface area contributed by atoms with Crippen molar-refractivity contribution in [3.8, 4) is 0 Å². The summed E-state index contributed by atoms with van der Waals surface area (Å²) in [5, 5.41) is 0. The molecule has 1 heteroatoms. The van der Waals surface area contributed by atoms with Crippen molar-refractivity contribution in [3.63, 3.8) is 0 Å². The minimum Gasteiger partial charge on any atom is -0.381 e. The van der Waals surface area contributed by atoms with Gasteiger partial charge in [-0.3, -0.25) is 0 Å². The second kappa shape index (κ2) is 47.0. The average Bonchev–Trinajstić information content (AvgIpc) is 3.10. The molecule has 0 aliphatic heterocycles. The van der Waals surface area contributed by atoms with Crippen LogP contribution in [0.5, 0.6) is 0 Å². The predicted octanol–water partition coefficient (Wildman–Crippen LogP) is 17.8. The van der Waals surface area contributed by atoms with E-state index in [0.29, 0.717) is 0 Å². The van der Waals surface area contributed by atoms with Crippen molar-refractivity contribution < 1.29 is 4.74 Å². The SMILES string of the molecule is CCCCCCCCCCCCCCCCCCCCCCCCOCCCCCCCCCCCCCCCCCCCCCCC. The van der Waals surface area contributed by atoms with Crippen molar-refractivity contribution in [3.05, 3.63) is 0 Å². The molecule has 0 spiro atoms. The fourth-order valence-corrected chi connectivity index (χ4v) is 7.55. The standard InChI is InChI=1S/C47H96O/c1-3-5-7-9-11-13-15-17-19-21-23-25-27-29-31-33-35-37-39-41-43-45-47-48-46-44-42-40-38-36-34-32-30-28-26-24-22-20-18-16-14-12-10-8-6-4-2/h3-47H2,1-2H3. The molecule has 0 N–H and O–H groups in total. The molecule has 0 fully saturated rings. The van der Waals surface area contributed by atoms with Crippen LogP contribution in [-0.2, 0) is 4.74 Å². The smallest absolute Gasteiger partial charge is 0.0466 e. The van der Waals surface area contributed by atoms with Crippen molar-refractivity contribution in [2.75, 3.05) is 13.2 Å². The van der Waals surface area contributed by atoms with Crippen LogP contribution in [0.1, 0.15) is 290 Å². The summed E-state index contributed by atoms with van der Waals surface area (Å²) in [5.41, 5.74) is 0. The number of unbranched alkanes of at least 4 members (excludes halogenated alkanes) is 41. The highest BCUT2D eigenvalue weighted by Gasteiger charge is 1.98.